The predicted octanol–water partition coefficient (Wildman–Crippen LogP) is 5.14. The number of fused-ring (bicyclic) bond motifs is 1. The molecule has 1 N–H and O–H groups in total. The van der Waals surface area contributed by atoms with Gasteiger partial charge in [-0.25, -0.2) is 0 Å². The highest BCUT2D eigenvalue weighted by Gasteiger charge is 2.49. The van der Waals surface area contributed by atoms with Gasteiger partial charge in [0, 0.05) is 44.7 Å². The van der Waals surface area contributed by atoms with Crippen LogP contribution in [0.1, 0.15) is 73.7 Å². The van der Waals surface area contributed by atoms with E-state index >= 15 is 0 Å². The van der Waals surface area contributed by atoms with Crippen LogP contribution in [0.15, 0.2) is 42.5 Å². The summed E-state index contributed by atoms with van der Waals surface area (Å²) in [6.07, 6.45) is 6.60. The normalized spacial score (nSPS) is 25.3. The highest BCUT2D eigenvalue weighted by Crippen LogP contribution is 2.52. The predicted molar refractivity (Wildman–Crippen MR) is 138 cm³/mol. The third-order valence-electron chi connectivity index (χ3n) is 9.12. The lowest BCUT2D eigenvalue weighted by atomic mass is 9.60. The number of hydrogen-bond donors (Lipinski definition) is 1. The molecule has 2 aromatic rings. The molecule has 1 spiro atoms. The second-order valence-corrected chi connectivity index (χ2v) is 11.6. The maximum absolute atomic E-state index is 5.85. The van der Waals surface area contributed by atoms with Crippen LogP contribution in [-0.4, -0.2) is 55.2 Å². The summed E-state index contributed by atoms with van der Waals surface area (Å²) in [6.45, 7) is 12.4. The summed E-state index contributed by atoms with van der Waals surface area (Å²) in [5.41, 5.74) is 6.47. The molecule has 6 rings (SSSR count). The molecule has 3 aliphatic heterocycles. The molecule has 2 aromatic carbocycles. The first-order valence-corrected chi connectivity index (χ1v) is 13.6. The molecule has 34 heavy (non-hydrogen) atoms. The number of piperidine rings is 1. The van der Waals surface area contributed by atoms with E-state index in [9.17, 15) is 0 Å². The maximum atomic E-state index is 5.85. The molecule has 182 valence electrons. The molecule has 1 atom stereocenters. The summed E-state index contributed by atoms with van der Waals surface area (Å²) >= 11 is 0. The van der Waals surface area contributed by atoms with Gasteiger partial charge in [-0.3, -0.25) is 9.80 Å². The minimum Gasteiger partial charge on any atom is -0.493 e. The topological polar surface area (TPSA) is 27.7 Å². The molecule has 0 bridgehead atoms. The Labute approximate surface area is 205 Å². The first-order chi connectivity index (χ1) is 16.6. The molecule has 4 aliphatic rings. The lowest BCUT2D eigenvalue weighted by Crippen LogP contribution is -2.59. The zero-order valence-corrected chi connectivity index (χ0v) is 21.1. The number of benzene rings is 2. The van der Waals surface area contributed by atoms with E-state index in [-0.39, 0.29) is 0 Å². The van der Waals surface area contributed by atoms with Crippen LogP contribution in [0.4, 0.5) is 0 Å². The Morgan fingerprint density at radius 1 is 1.06 bits per heavy atom. The largest absolute Gasteiger partial charge is 0.493 e. The summed E-state index contributed by atoms with van der Waals surface area (Å²) in [4.78, 5) is 5.59. The number of rotatable bonds is 5. The Hall–Kier alpha value is -1.88. The quantitative estimate of drug-likeness (QED) is 0.670. The zero-order valence-electron chi connectivity index (χ0n) is 21.1. The van der Waals surface area contributed by atoms with E-state index in [0.717, 1.165) is 44.5 Å². The summed E-state index contributed by atoms with van der Waals surface area (Å²) in [5.74, 6) is 1.67. The van der Waals surface area contributed by atoms with Gasteiger partial charge in [-0.15, -0.1) is 0 Å². The van der Waals surface area contributed by atoms with Crippen molar-refractivity contribution in [3.05, 3.63) is 64.7 Å². The van der Waals surface area contributed by atoms with Crippen LogP contribution >= 0.6 is 0 Å². The van der Waals surface area contributed by atoms with Crippen molar-refractivity contribution in [3.8, 4) is 5.75 Å². The van der Waals surface area contributed by atoms with Crippen molar-refractivity contribution in [2.75, 3.05) is 39.3 Å². The minimum atomic E-state index is 0.488. The van der Waals surface area contributed by atoms with Crippen LogP contribution in [0.3, 0.4) is 0 Å². The second-order valence-electron chi connectivity index (χ2n) is 11.6. The van der Waals surface area contributed by atoms with Crippen molar-refractivity contribution < 1.29 is 4.74 Å². The molecule has 1 aliphatic carbocycles. The van der Waals surface area contributed by atoms with E-state index in [4.69, 9.17) is 4.74 Å². The Morgan fingerprint density at radius 2 is 1.88 bits per heavy atom. The highest BCUT2D eigenvalue weighted by atomic mass is 16.5. The van der Waals surface area contributed by atoms with Crippen LogP contribution in [0.2, 0.25) is 0 Å². The highest BCUT2D eigenvalue weighted by molar-refractivity contribution is 5.40. The smallest absolute Gasteiger partial charge is 0.122 e. The number of nitrogens with zero attached hydrogens (tertiary/aromatic N) is 2. The number of piperazine rings is 1. The van der Waals surface area contributed by atoms with Gasteiger partial charge in [-0.2, -0.15) is 0 Å². The van der Waals surface area contributed by atoms with Gasteiger partial charge >= 0.3 is 0 Å². The van der Waals surface area contributed by atoms with E-state index in [1.165, 1.54) is 62.0 Å². The number of nitrogens with one attached hydrogen (secondary N) is 1. The van der Waals surface area contributed by atoms with Gasteiger partial charge in [-0.1, -0.05) is 50.2 Å². The Bertz CT molecular complexity index is 1000. The Morgan fingerprint density at radius 3 is 2.71 bits per heavy atom. The van der Waals surface area contributed by atoms with Gasteiger partial charge in [0.1, 0.15) is 5.75 Å². The minimum absolute atomic E-state index is 0.488. The second kappa shape index (κ2) is 9.29. The third-order valence-corrected chi connectivity index (χ3v) is 9.12. The summed E-state index contributed by atoms with van der Waals surface area (Å²) < 4.78 is 5.85. The van der Waals surface area contributed by atoms with E-state index in [2.05, 4.69) is 71.4 Å². The fourth-order valence-corrected chi connectivity index (χ4v) is 7.16. The monoisotopic (exact) mass is 459 g/mol. The molecule has 0 unspecified atom stereocenters. The molecular weight excluding hydrogens is 418 g/mol. The molecule has 4 heteroatoms. The average molecular weight is 460 g/mol. The van der Waals surface area contributed by atoms with Crippen LogP contribution in [-0.2, 0) is 13.0 Å². The first kappa shape index (κ1) is 22.6. The molecular formula is C30H41N3O. The number of ether oxygens (including phenoxy) is 1. The zero-order chi connectivity index (χ0) is 23.1. The van der Waals surface area contributed by atoms with Crippen molar-refractivity contribution in [2.24, 2.45) is 5.41 Å². The summed E-state index contributed by atoms with van der Waals surface area (Å²) in [5, 5.41) is 3.57. The number of hydrogen-bond acceptors (Lipinski definition) is 4. The molecule has 3 heterocycles. The van der Waals surface area contributed by atoms with E-state index < -0.39 is 0 Å². The van der Waals surface area contributed by atoms with Gasteiger partial charge in [0.05, 0.1) is 6.61 Å². The van der Waals surface area contributed by atoms with Gasteiger partial charge in [-0.05, 0) is 78.4 Å². The molecule has 0 radical (unpaired) electrons. The van der Waals surface area contributed by atoms with Crippen LogP contribution in [0.25, 0.3) is 0 Å². The maximum Gasteiger partial charge on any atom is 0.122 e. The lowest BCUT2D eigenvalue weighted by Gasteiger charge is -2.57. The van der Waals surface area contributed by atoms with Crippen LogP contribution < -0.4 is 10.1 Å². The van der Waals surface area contributed by atoms with Crippen molar-refractivity contribution >= 4 is 0 Å². The molecule has 2 saturated heterocycles. The third kappa shape index (κ3) is 4.29. The van der Waals surface area contributed by atoms with E-state index in [0.29, 0.717) is 17.4 Å². The fraction of sp³-hybridized carbons (Fsp3) is 0.600. The van der Waals surface area contributed by atoms with Crippen LogP contribution in [0, 0.1) is 5.41 Å². The summed E-state index contributed by atoms with van der Waals surface area (Å²) in [7, 11) is 0. The standard InChI is InChI=1S/C30H41N3O/c1-22(2)26-5-3-4-6-27(26)28-21-32(20-23-7-8-24-9-16-34-29(24)17-23)14-15-33(28)25-18-30(19-25)10-12-31-13-11-30/h3-8,17,22,25,28,31H,9-16,18-21H2,1-2H3/t28-/m0/s1. The van der Waals surface area contributed by atoms with E-state index in [1.807, 2.05) is 0 Å². The Kier molecular flexibility index (Phi) is 6.17. The van der Waals surface area contributed by atoms with Gasteiger partial charge in [0.2, 0.25) is 0 Å². The van der Waals surface area contributed by atoms with E-state index in [1.54, 1.807) is 5.56 Å². The summed E-state index contributed by atoms with van der Waals surface area (Å²) in [6, 6.07) is 17.4. The van der Waals surface area contributed by atoms with Gasteiger partial charge in [0.25, 0.3) is 0 Å². The van der Waals surface area contributed by atoms with Crippen molar-refractivity contribution in [2.45, 2.75) is 70.5 Å². The average Bonchev–Trinajstić information content (AvgIpc) is 3.31. The Balaban J connectivity index is 1.23. The molecule has 3 fully saturated rings. The SMILES string of the molecule is CC(C)c1ccccc1[C@@H]1CN(Cc2ccc3c(c2)OCC3)CCN1C1CC2(CCNCC2)C1. The molecule has 4 nitrogen and oxygen atoms in total. The molecule has 0 amide bonds. The molecule has 1 saturated carbocycles. The van der Waals surface area contributed by atoms with Crippen molar-refractivity contribution in [3.63, 3.8) is 0 Å². The first-order valence-electron chi connectivity index (χ1n) is 13.6. The van der Waals surface area contributed by atoms with Crippen molar-refractivity contribution in [1.82, 2.24) is 15.1 Å². The molecule has 0 aromatic heterocycles. The van der Waals surface area contributed by atoms with Crippen LogP contribution in [0.5, 0.6) is 5.75 Å². The van der Waals surface area contributed by atoms with Gasteiger partial charge < -0.3 is 10.1 Å². The van der Waals surface area contributed by atoms with Crippen molar-refractivity contribution in [1.29, 1.82) is 0 Å². The lowest BCUT2D eigenvalue weighted by molar-refractivity contribution is -0.0650. The van der Waals surface area contributed by atoms with Gasteiger partial charge in [0.15, 0.2) is 0 Å². The fourth-order valence-electron chi connectivity index (χ4n) is 7.16.